The van der Waals surface area contributed by atoms with Gasteiger partial charge in [-0.2, -0.15) is 0 Å². The summed E-state index contributed by atoms with van der Waals surface area (Å²) in [7, 11) is 0. The summed E-state index contributed by atoms with van der Waals surface area (Å²) >= 11 is 0. The summed E-state index contributed by atoms with van der Waals surface area (Å²) in [5.41, 5.74) is 0. The number of hydrogen-bond acceptors (Lipinski definition) is 1. The van der Waals surface area contributed by atoms with Crippen molar-refractivity contribution in [1.29, 1.82) is 0 Å². The number of hydrogen-bond donors (Lipinski definition) is 0. The molecule has 0 bridgehead atoms. The summed E-state index contributed by atoms with van der Waals surface area (Å²) in [6.45, 7) is 0. The lowest BCUT2D eigenvalue weighted by Crippen LogP contribution is -1.81. The van der Waals surface area contributed by atoms with Gasteiger partial charge in [0.1, 0.15) is 11.5 Å². The van der Waals surface area contributed by atoms with Crippen molar-refractivity contribution in [3.63, 3.8) is 0 Å². The highest BCUT2D eigenvalue weighted by atomic mass is 28.1. The second kappa shape index (κ2) is 5.24. The van der Waals surface area contributed by atoms with Crippen LogP contribution in [-0.4, -0.2) is 11.0 Å². The molecule has 0 aromatic heterocycles. The molecule has 0 spiro atoms. The summed E-state index contributed by atoms with van der Waals surface area (Å²) in [4.78, 5) is 0. The average Bonchev–Trinajstić information content (AvgIpc) is 2.21. The Bertz CT molecular complexity index is 321. The lowest BCUT2D eigenvalue weighted by Gasteiger charge is -2.03. The molecule has 0 atom stereocenters. The molecule has 1 nitrogen and oxygen atoms in total. The summed E-state index contributed by atoms with van der Waals surface area (Å²) in [6.07, 6.45) is 0. The largest absolute Gasteiger partial charge is 0.457 e. The summed E-state index contributed by atoms with van der Waals surface area (Å²) in [5, 5.41) is 0. The highest BCUT2D eigenvalue weighted by molar-refractivity contribution is 5.75. The van der Waals surface area contributed by atoms with E-state index in [2.05, 4.69) is 0 Å². The molecular formula is C12H14OSi. The van der Waals surface area contributed by atoms with Crippen LogP contribution >= 0.6 is 0 Å². The Kier molecular flexibility index (Phi) is 3.95. The fourth-order valence-electron chi connectivity index (χ4n) is 1.11. The maximum absolute atomic E-state index is 5.58. The van der Waals surface area contributed by atoms with E-state index in [-0.39, 0.29) is 11.0 Å². The van der Waals surface area contributed by atoms with Crippen molar-refractivity contribution in [3.05, 3.63) is 60.7 Å². The summed E-state index contributed by atoms with van der Waals surface area (Å²) < 4.78 is 5.58. The maximum Gasteiger partial charge on any atom is 0.127 e. The van der Waals surface area contributed by atoms with E-state index >= 15 is 0 Å². The molecule has 72 valence electrons. The van der Waals surface area contributed by atoms with Crippen LogP contribution in [0.1, 0.15) is 0 Å². The van der Waals surface area contributed by atoms with Crippen LogP contribution in [0.3, 0.4) is 0 Å². The monoisotopic (exact) mass is 202 g/mol. The molecule has 2 rings (SSSR count). The van der Waals surface area contributed by atoms with Gasteiger partial charge in [0.25, 0.3) is 0 Å². The van der Waals surface area contributed by atoms with Crippen molar-refractivity contribution in [2.24, 2.45) is 0 Å². The van der Waals surface area contributed by atoms with Gasteiger partial charge < -0.3 is 4.74 Å². The molecule has 0 aliphatic heterocycles. The van der Waals surface area contributed by atoms with Gasteiger partial charge in [0.2, 0.25) is 0 Å². The molecule has 0 aliphatic carbocycles. The zero-order valence-corrected chi connectivity index (χ0v) is 7.18. The maximum atomic E-state index is 5.58. The lowest BCUT2D eigenvalue weighted by atomic mass is 10.3. The Hall–Kier alpha value is -1.54. The van der Waals surface area contributed by atoms with Crippen molar-refractivity contribution >= 4 is 11.0 Å². The predicted octanol–water partition coefficient (Wildman–Crippen LogP) is 2.03. The van der Waals surface area contributed by atoms with Crippen LogP contribution in [0.4, 0.5) is 0 Å². The highest BCUT2D eigenvalue weighted by Crippen LogP contribution is 2.19. The zero-order chi connectivity index (χ0) is 8.93. The molecule has 0 heterocycles. The fourth-order valence-corrected chi connectivity index (χ4v) is 1.11. The van der Waals surface area contributed by atoms with E-state index < -0.39 is 0 Å². The van der Waals surface area contributed by atoms with Gasteiger partial charge in [-0.3, -0.25) is 0 Å². The summed E-state index contributed by atoms with van der Waals surface area (Å²) in [6, 6.07) is 19.5. The third kappa shape index (κ3) is 2.75. The van der Waals surface area contributed by atoms with Crippen molar-refractivity contribution in [2.75, 3.05) is 0 Å². The quantitative estimate of drug-likeness (QED) is 0.677. The molecule has 2 aromatic carbocycles. The van der Waals surface area contributed by atoms with Crippen LogP contribution in [0.15, 0.2) is 60.7 Å². The first-order valence-electron chi connectivity index (χ1n) is 4.23. The Morgan fingerprint density at radius 2 is 0.929 bits per heavy atom. The lowest BCUT2D eigenvalue weighted by molar-refractivity contribution is 0.482. The molecule has 2 heteroatoms. The van der Waals surface area contributed by atoms with E-state index in [1.54, 1.807) is 0 Å². The van der Waals surface area contributed by atoms with Crippen LogP contribution < -0.4 is 4.74 Å². The van der Waals surface area contributed by atoms with E-state index in [4.69, 9.17) is 4.74 Å². The molecule has 0 fully saturated rings. The molecule has 0 saturated carbocycles. The third-order valence-electron chi connectivity index (χ3n) is 1.72. The van der Waals surface area contributed by atoms with Crippen molar-refractivity contribution in [3.8, 4) is 11.5 Å². The number of ether oxygens (including phenoxy) is 1. The Morgan fingerprint density at radius 1 is 0.571 bits per heavy atom. The SMILES string of the molecule is [SiH4].c1ccc(Oc2ccccc2)cc1. The molecule has 0 radical (unpaired) electrons. The molecule has 0 unspecified atom stereocenters. The minimum atomic E-state index is 0. The van der Waals surface area contributed by atoms with E-state index in [1.807, 2.05) is 60.7 Å². The van der Waals surface area contributed by atoms with E-state index in [0.717, 1.165) is 11.5 Å². The normalized spacial score (nSPS) is 8.86. The van der Waals surface area contributed by atoms with Crippen molar-refractivity contribution < 1.29 is 4.74 Å². The van der Waals surface area contributed by atoms with Gasteiger partial charge in [-0.05, 0) is 35.2 Å². The van der Waals surface area contributed by atoms with Crippen LogP contribution in [0.2, 0.25) is 0 Å². The number of rotatable bonds is 2. The molecular weight excluding hydrogens is 188 g/mol. The van der Waals surface area contributed by atoms with Gasteiger partial charge in [-0.1, -0.05) is 36.4 Å². The molecule has 0 saturated heterocycles. The van der Waals surface area contributed by atoms with Crippen molar-refractivity contribution in [2.45, 2.75) is 0 Å². The summed E-state index contributed by atoms with van der Waals surface area (Å²) in [5.74, 6) is 1.74. The topological polar surface area (TPSA) is 9.23 Å². The fraction of sp³-hybridized carbons (Fsp3) is 0. The van der Waals surface area contributed by atoms with Crippen LogP contribution in [-0.2, 0) is 0 Å². The van der Waals surface area contributed by atoms with Gasteiger partial charge in [0.15, 0.2) is 0 Å². The first-order valence-corrected chi connectivity index (χ1v) is 4.23. The van der Waals surface area contributed by atoms with E-state index in [0.29, 0.717) is 0 Å². The molecule has 0 amide bonds. The minimum Gasteiger partial charge on any atom is -0.457 e. The van der Waals surface area contributed by atoms with Crippen LogP contribution in [0, 0.1) is 0 Å². The van der Waals surface area contributed by atoms with E-state index in [9.17, 15) is 0 Å². The van der Waals surface area contributed by atoms with Gasteiger partial charge in [-0.25, -0.2) is 0 Å². The van der Waals surface area contributed by atoms with Crippen LogP contribution in [0.25, 0.3) is 0 Å². The van der Waals surface area contributed by atoms with Gasteiger partial charge >= 0.3 is 0 Å². The molecule has 0 aliphatic rings. The Labute approximate surface area is 88.4 Å². The second-order valence-electron chi connectivity index (χ2n) is 2.73. The first-order chi connectivity index (χ1) is 6.45. The molecule has 0 N–H and O–H groups in total. The third-order valence-corrected chi connectivity index (χ3v) is 1.72. The van der Waals surface area contributed by atoms with Crippen LogP contribution in [0.5, 0.6) is 11.5 Å². The van der Waals surface area contributed by atoms with Gasteiger partial charge in [0.05, 0.1) is 0 Å². The van der Waals surface area contributed by atoms with E-state index in [1.165, 1.54) is 0 Å². The Balaban J connectivity index is 0.000000980. The first kappa shape index (κ1) is 10.5. The highest BCUT2D eigenvalue weighted by Gasteiger charge is 1.92. The number of benzene rings is 2. The predicted molar refractivity (Wildman–Crippen MR) is 64.3 cm³/mol. The molecule has 14 heavy (non-hydrogen) atoms. The average molecular weight is 202 g/mol. The zero-order valence-electron chi connectivity index (χ0n) is 7.18. The smallest absolute Gasteiger partial charge is 0.127 e. The van der Waals surface area contributed by atoms with Gasteiger partial charge in [-0.15, -0.1) is 0 Å². The second-order valence-corrected chi connectivity index (χ2v) is 2.73. The Morgan fingerprint density at radius 3 is 1.29 bits per heavy atom. The van der Waals surface area contributed by atoms with Crippen molar-refractivity contribution in [1.82, 2.24) is 0 Å². The number of para-hydroxylation sites is 2. The minimum absolute atomic E-state index is 0. The standard InChI is InChI=1S/C12H10O.H4Si/c1-3-7-11(8-4-1)13-12-9-5-2-6-10-12;/h1-10H;1H4. The molecule has 2 aromatic rings. The van der Waals surface area contributed by atoms with Gasteiger partial charge in [0, 0.05) is 0 Å².